The molecule has 0 radical (unpaired) electrons. The van der Waals surface area contributed by atoms with Gasteiger partial charge in [-0.2, -0.15) is 0 Å². The molecule has 162 valence electrons. The zero-order valence-electron chi connectivity index (χ0n) is 17.7. The number of nitrogens with one attached hydrogen (secondary N) is 1. The summed E-state index contributed by atoms with van der Waals surface area (Å²) >= 11 is 1.41. The van der Waals surface area contributed by atoms with E-state index in [0.29, 0.717) is 16.6 Å². The highest BCUT2D eigenvalue weighted by atomic mass is 32.2. The number of anilines is 1. The molecule has 0 saturated heterocycles. The van der Waals surface area contributed by atoms with E-state index in [1.165, 1.54) is 11.8 Å². The van der Waals surface area contributed by atoms with Crippen LogP contribution in [0.25, 0.3) is 5.69 Å². The molecule has 4 rings (SSSR count). The number of aromatic nitrogens is 5. The molecule has 8 nitrogen and oxygen atoms in total. The average Bonchev–Trinajstić information content (AvgIpc) is 3.28. The second-order valence-electron chi connectivity index (χ2n) is 6.78. The predicted octanol–water partition coefficient (Wildman–Crippen LogP) is 4.17. The van der Waals surface area contributed by atoms with Crippen molar-refractivity contribution in [3.8, 4) is 11.4 Å². The molecule has 2 aromatic carbocycles. The summed E-state index contributed by atoms with van der Waals surface area (Å²) < 4.78 is 6.90. The van der Waals surface area contributed by atoms with Gasteiger partial charge in [0.15, 0.2) is 10.9 Å². The summed E-state index contributed by atoms with van der Waals surface area (Å²) in [4.78, 5) is 21.7. The van der Waals surface area contributed by atoms with Gasteiger partial charge in [0.25, 0.3) is 5.91 Å². The monoisotopic (exact) mass is 446 g/mol. The molecule has 4 aromatic rings. The third-order valence-corrected chi connectivity index (χ3v) is 5.71. The Morgan fingerprint density at radius 2 is 1.81 bits per heavy atom. The maximum atomic E-state index is 13.2. The lowest BCUT2D eigenvalue weighted by molar-refractivity contribution is 0.102. The third-order valence-electron chi connectivity index (χ3n) is 4.82. The van der Waals surface area contributed by atoms with E-state index in [4.69, 9.17) is 4.74 Å². The molecule has 9 heteroatoms. The van der Waals surface area contributed by atoms with Gasteiger partial charge in [0, 0.05) is 23.8 Å². The van der Waals surface area contributed by atoms with Crippen LogP contribution in [0.5, 0.6) is 5.75 Å². The van der Waals surface area contributed by atoms with Gasteiger partial charge in [-0.1, -0.05) is 42.1 Å². The lowest BCUT2D eigenvalue weighted by atomic mass is 10.1. The van der Waals surface area contributed by atoms with Gasteiger partial charge in [-0.25, -0.2) is 14.6 Å². The molecule has 0 atom stereocenters. The number of methoxy groups -OCH3 is 1. The fourth-order valence-corrected chi connectivity index (χ4v) is 3.96. The van der Waals surface area contributed by atoms with Gasteiger partial charge in [-0.3, -0.25) is 4.79 Å². The van der Waals surface area contributed by atoms with E-state index in [1.807, 2.05) is 55.5 Å². The van der Waals surface area contributed by atoms with E-state index in [9.17, 15) is 4.79 Å². The van der Waals surface area contributed by atoms with Gasteiger partial charge in [0.1, 0.15) is 5.75 Å². The van der Waals surface area contributed by atoms with Gasteiger partial charge in [0.05, 0.1) is 18.5 Å². The first-order valence-corrected chi connectivity index (χ1v) is 11.1. The van der Waals surface area contributed by atoms with E-state index in [-0.39, 0.29) is 11.6 Å². The third kappa shape index (κ3) is 4.78. The Morgan fingerprint density at radius 1 is 1.06 bits per heavy atom. The quantitative estimate of drug-likeness (QED) is 0.321. The number of rotatable bonds is 8. The van der Waals surface area contributed by atoms with Crippen molar-refractivity contribution in [3.05, 3.63) is 83.9 Å². The van der Waals surface area contributed by atoms with Gasteiger partial charge >= 0.3 is 0 Å². The second kappa shape index (κ2) is 10.1. The largest absolute Gasteiger partial charge is 0.497 e. The molecule has 0 unspecified atom stereocenters. The molecular formula is C23H22N6O2S. The maximum Gasteiger partial charge on any atom is 0.278 e. The fourth-order valence-electron chi connectivity index (χ4n) is 3.16. The highest BCUT2D eigenvalue weighted by molar-refractivity contribution is 7.98. The van der Waals surface area contributed by atoms with Crippen LogP contribution < -0.4 is 10.1 Å². The zero-order valence-corrected chi connectivity index (χ0v) is 18.5. The van der Waals surface area contributed by atoms with Crippen LogP contribution in [-0.4, -0.2) is 38.0 Å². The number of hydrogen-bond donors (Lipinski definition) is 1. The van der Waals surface area contributed by atoms with Crippen molar-refractivity contribution in [2.24, 2.45) is 0 Å². The number of nitrogens with zero attached hydrogens (tertiary/aromatic N) is 5. The first-order valence-electron chi connectivity index (χ1n) is 10.1. The molecule has 32 heavy (non-hydrogen) atoms. The van der Waals surface area contributed by atoms with Crippen molar-refractivity contribution in [1.29, 1.82) is 0 Å². The van der Waals surface area contributed by atoms with Gasteiger partial charge in [-0.05, 0) is 48.4 Å². The molecule has 0 aliphatic carbocycles. The fraction of sp³-hybridized carbons (Fsp3) is 0.174. The molecule has 1 amide bonds. The van der Waals surface area contributed by atoms with Gasteiger partial charge in [0.2, 0.25) is 0 Å². The Balaban J connectivity index is 1.67. The van der Waals surface area contributed by atoms with Crippen LogP contribution in [0, 0.1) is 0 Å². The molecule has 2 heterocycles. The maximum absolute atomic E-state index is 13.2. The van der Waals surface area contributed by atoms with Crippen molar-refractivity contribution in [3.63, 3.8) is 0 Å². The highest BCUT2D eigenvalue weighted by Gasteiger charge is 2.22. The van der Waals surface area contributed by atoms with Crippen LogP contribution in [0.15, 0.2) is 72.1 Å². The number of para-hydroxylation sites is 1. The van der Waals surface area contributed by atoms with Crippen molar-refractivity contribution >= 4 is 23.4 Å². The molecule has 0 fully saturated rings. The van der Waals surface area contributed by atoms with E-state index in [1.54, 1.807) is 30.3 Å². The molecule has 2 aromatic heterocycles. The summed E-state index contributed by atoms with van der Waals surface area (Å²) in [7, 11) is 1.61. The Hall–Kier alpha value is -3.72. The number of benzene rings is 2. The number of aryl methyl sites for hydroxylation is 1. The smallest absolute Gasteiger partial charge is 0.278 e. The molecule has 1 N–H and O–H groups in total. The minimum Gasteiger partial charge on any atom is -0.497 e. The Morgan fingerprint density at radius 3 is 2.53 bits per heavy atom. The first-order chi connectivity index (χ1) is 15.7. The van der Waals surface area contributed by atoms with Crippen LogP contribution in [0.1, 0.15) is 28.7 Å². The van der Waals surface area contributed by atoms with Crippen molar-refractivity contribution in [1.82, 2.24) is 25.0 Å². The van der Waals surface area contributed by atoms with Crippen LogP contribution >= 0.6 is 11.8 Å². The van der Waals surface area contributed by atoms with Crippen molar-refractivity contribution in [2.45, 2.75) is 24.3 Å². The number of amides is 1. The van der Waals surface area contributed by atoms with Crippen LogP contribution in [-0.2, 0) is 12.2 Å². The van der Waals surface area contributed by atoms with Crippen LogP contribution in [0.4, 0.5) is 5.69 Å². The van der Waals surface area contributed by atoms with Crippen molar-refractivity contribution in [2.75, 3.05) is 12.4 Å². The lowest BCUT2D eigenvalue weighted by Crippen LogP contribution is -2.16. The van der Waals surface area contributed by atoms with Crippen LogP contribution in [0.2, 0.25) is 0 Å². The molecular weight excluding hydrogens is 424 g/mol. The number of thioether (sulfide) groups is 1. The number of hydrogen-bond acceptors (Lipinski definition) is 7. The summed E-state index contributed by atoms with van der Waals surface area (Å²) in [6.07, 6.45) is 4.18. The topological polar surface area (TPSA) is 94.8 Å². The molecule has 0 aliphatic rings. The molecule has 0 spiro atoms. The van der Waals surface area contributed by atoms with E-state index in [2.05, 4.69) is 25.6 Å². The summed E-state index contributed by atoms with van der Waals surface area (Å²) in [6, 6.07) is 16.9. The SMILES string of the molecule is CCc1ccccc1NC(=O)c1nnn(-c2ccc(OC)cc2)c1CSc1ncccn1. The summed E-state index contributed by atoms with van der Waals surface area (Å²) in [5.74, 6) is 0.841. The number of ether oxygens (including phenoxy) is 1. The second-order valence-corrected chi connectivity index (χ2v) is 7.72. The average molecular weight is 447 g/mol. The highest BCUT2D eigenvalue weighted by Crippen LogP contribution is 2.25. The number of carbonyl (C=O) groups is 1. The summed E-state index contributed by atoms with van der Waals surface area (Å²) in [6.45, 7) is 2.05. The Bertz CT molecular complexity index is 1190. The van der Waals surface area contributed by atoms with E-state index < -0.39 is 0 Å². The Labute approximate surface area is 190 Å². The van der Waals surface area contributed by atoms with E-state index in [0.717, 1.165) is 29.1 Å². The van der Waals surface area contributed by atoms with Gasteiger partial charge < -0.3 is 10.1 Å². The zero-order chi connectivity index (χ0) is 22.3. The molecule has 0 bridgehead atoms. The standard InChI is InChI=1S/C23H22N6O2S/c1-3-16-7-4-5-8-19(16)26-22(30)21-20(15-32-23-24-13-6-14-25-23)29(28-27-21)17-9-11-18(31-2)12-10-17/h4-14H,3,15H2,1-2H3,(H,26,30). The summed E-state index contributed by atoms with van der Waals surface area (Å²) in [5, 5.41) is 12.1. The predicted molar refractivity (Wildman–Crippen MR) is 123 cm³/mol. The lowest BCUT2D eigenvalue weighted by Gasteiger charge is -2.10. The first kappa shape index (κ1) is 21.5. The van der Waals surface area contributed by atoms with E-state index >= 15 is 0 Å². The van der Waals surface area contributed by atoms with Gasteiger partial charge in [-0.15, -0.1) is 5.10 Å². The minimum atomic E-state index is -0.310. The number of carbonyl (C=O) groups excluding carboxylic acids is 1. The molecule has 0 saturated carbocycles. The Kier molecular flexibility index (Phi) is 6.76. The van der Waals surface area contributed by atoms with Crippen molar-refractivity contribution < 1.29 is 9.53 Å². The normalized spacial score (nSPS) is 10.7. The van der Waals surface area contributed by atoms with Crippen LogP contribution in [0.3, 0.4) is 0 Å². The summed E-state index contributed by atoms with van der Waals surface area (Å²) in [5.41, 5.74) is 3.51. The molecule has 0 aliphatic heterocycles. The minimum absolute atomic E-state index is 0.259.